The molecule has 4 rings (SSSR count). The van der Waals surface area contributed by atoms with Gasteiger partial charge in [-0.2, -0.15) is 12.6 Å². The lowest BCUT2D eigenvalue weighted by Crippen LogP contribution is -2.45. The minimum absolute atomic E-state index is 0.0769. The predicted molar refractivity (Wildman–Crippen MR) is 144 cm³/mol. The Hall–Kier alpha value is -2.75. The molecular weight excluding hydrogens is 478 g/mol. The zero-order valence-electron chi connectivity index (χ0n) is 21.0. The second-order valence-electron chi connectivity index (χ2n) is 8.92. The maximum Gasteiger partial charge on any atom is 0.305 e. The SMILES string of the molecule is COCc1ccccc1CN1CCOc2cc(C(=O)NC(CC(=O)O)C3CCNCC3)ccc21.CS. The van der Waals surface area contributed by atoms with Gasteiger partial charge in [-0.15, -0.1) is 0 Å². The Morgan fingerprint density at radius 1 is 1.19 bits per heavy atom. The van der Waals surface area contributed by atoms with E-state index in [1.54, 1.807) is 25.5 Å². The van der Waals surface area contributed by atoms with Crippen molar-refractivity contribution in [1.82, 2.24) is 10.6 Å². The number of benzene rings is 2. The Bertz CT molecular complexity index is 1010. The molecule has 2 aliphatic heterocycles. The Balaban J connectivity index is 0.00000176. The Kier molecular flexibility index (Phi) is 10.9. The van der Waals surface area contributed by atoms with Crippen LogP contribution in [-0.4, -0.2) is 62.6 Å². The zero-order valence-corrected chi connectivity index (χ0v) is 21.9. The van der Waals surface area contributed by atoms with Gasteiger partial charge in [0.1, 0.15) is 12.4 Å². The fourth-order valence-electron chi connectivity index (χ4n) is 4.82. The number of piperidine rings is 1. The third-order valence-corrected chi connectivity index (χ3v) is 6.62. The highest BCUT2D eigenvalue weighted by Crippen LogP contribution is 2.34. The fraction of sp³-hybridized carbons (Fsp3) is 0.481. The first-order chi connectivity index (χ1) is 17.5. The summed E-state index contributed by atoms with van der Waals surface area (Å²) in [7, 11) is 1.69. The van der Waals surface area contributed by atoms with Crippen LogP contribution in [0.4, 0.5) is 5.69 Å². The monoisotopic (exact) mass is 515 g/mol. The van der Waals surface area contributed by atoms with Crippen LogP contribution in [0.15, 0.2) is 42.5 Å². The molecule has 0 radical (unpaired) electrons. The molecule has 1 amide bonds. The number of rotatable bonds is 9. The molecule has 0 saturated carbocycles. The predicted octanol–water partition coefficient (Wildman–Crippen LogP) is 3.35. The number of carboxylic acid groups (broad SMARTS) is 1. The number of aliphatic carboxylic acids is 1. The second-order valence-corrected chi connectivity index (χ2v) is 8.92. The Morgan fingerprint density at radius 3 is 2.61 bits per heavy atom. The highest BCUT2D eigenvalue weighted by Gasteiger charge is 2.28. The molecule has 8 nitrogen and oxygen atoms in total. The maximum absolute atomic E-state index is 13.1. The molecule has 2 aromatic carbocycles. The summed E-state index contributed by atoms with van der Waals surface area (Å²) in [6, 6.07) is 13.3. The molecule has 1 unspecified atom stereocenters. The standard InChI is InChI=1S/C26H33N3O5.CH4S/c1-33-17-21-5-3-2-4-20(21)16-29-12-13-34-24-14-19(6-7-23(24)29)26(32)28-22(15-25(30)31)18-8-10-27-11-9-18;1-2/h2-7,14,18,22,27H,8-13,15-17H2,1H3,(H,28,32)(H,30,31);2H,1H3. The van der Waals surface area contributed by atoms with Gasteiger partial charge in [-0.3, -0.25) is 9.59 Å². The van der Waals surface area contributed by atoms with Crippen LogP contribution in [-0.2, 0) is 22.7 Å². The lowest BCUT2D eigenvalue weighted by molar-refractivity contribution is -0.137. The van der Waals surface area contributed by atoms with E-state index in [9.17, 15) is 14.7 Å². The largest absolute Gasteiger partial charge is 0.490 e. The van der Waals surface area contributed by atoms with Crippen LogP contribution in [0.1, 0.15) is 40.7 Å². The number of hydrogen-bond acceptors (Lipinski definition) is 7. The number of carbonyl (C=O) groups excluding carboxylic acids is 1. The summed E-state index contributed by atoms with van der Waals surface area (Å²) in [4.78, 5) is 26.7. The average molecular weight is 516 g/mol. The van der Waals surface area contributed by atoms with Crippen LogP contribution >= 0.6 is 12.6 Å². The van der Waals surface area contributed by atoms with Gasteiger partial charge in [-0.1, -0.05) is 24.3 Å². The first kappa shape index (κ1) is 27.8. The number of amides is 1. The molecule has 0 aromatic heterocycles. The van der Waals surface area contributed by atoms with E-state index in [-0.39, 0.29) is 18.2 Å². The zero-order chi connectivity index (χ0) is 25.9. The van der Waals surface area contributed by atoms with Crippen molar-refractivity contribution < 1.29 is 24.2 Å². The normalized spacial score (nSPS) is 16.1. The van der Waals surface area contributed by atoms with Crippen molar-refractivity contribution >= 4 is 30.2 Å². The van der Waals surface area contributed by atoms with E-state index in [2.05, 4.69) is 40.3 Å². The van der Waals surface area contributed by atoms with Crippen molar-refractivity contribution in [2.24, 2.45) is 5.92 Å². The number of ether oxygens (including phenoxy) is 2. The average Bonchev–Trinajstić information content (AvgIpc) is 2.91. The van der Waals surface area contributed by atoms with Crippen LogP contribution in [0.25, 0.3) is 0 Å². The number of carboxylic acids is 1. The quantitative estimate of drug-likeness (QED) is 0.380. The summed E-state index contributed by atoms with van der Waals surface area (Å²) >= 11 is 3.53. The molecule has 9 heteroatoms. The van der Waals surface area contributed by atoms with E-state index in [0.29, 0.717) is 24.5 Å². The van der Waals surface area contributed by atoms with Crippen LogP contribution < -0.4 is 20.3 Å². The van der Waals surface area contributed by atoms with Gasteiger partial charge >= 0.3 is 5.97 Å². The first-order valence-electron chi connectivity index (χ1n) is 12.3. The van der Waals surface area contributed by atoms with Gasteiger partial charge < -0.3 is 30.1 Å². The number of nitrogens with zero attached hydrogens (tertiary/aromatic N) is 1. The second kappa shape index (κ2) is 14.1. The van der Waals surface area contributed by atoms with Crippen molar-refractivity contribution in [3.8, 4) is 5.75 Å². The van der Waals surface area contributed by atoms with E-state index in [1.807, 2.05) is 18.2 Å². The van der Waals surface area contributed by atoms with Crippen molar-refractivity contribution in [2.75, 3.05) is 44.5 Å². The van der Waals surface area contributed by atoms with E-state index >= 15 is 0 Å². The molecule has 0 bridgehead atoms. The third-order valence-electron chi connectivity index (χ3n) is 6.62. The first-order valence-corrected chi connectivity index (χ1v) is 13.2. The molecule has 2 aromatic rings. The van der Waals surface area contributed by atoms with Crippen molar-refractivity contribution in [2.45, 2.75) is 38.5 Å². The van der Waals surface area contributed by atoms with E-state index in [0.717, 1.165) is 50.3 Å². The smallest absolute Gasteiger partial charge is 0.305 e. The summed E-state index contributed by atoms with van der Waals surface area (Å²) in [6.45, 7) is 4.23. The molecule has 2 aliphatic rings. The van der Waals surface area contributed by atoms with E-state index < -0.39 is 12.0 Å². The summed E-state index contributed by atoms with van der Waals surface area (Å²) in [5, 5.41) is 15.6. The Morgan fingerprint density at radius 2 is 1.92 bits per heavy atom. The van der Waals surface area contributed by atoms with Gasteiger partial charge in [0.05, 0.1) is 25.3 Å². The van der Waals surface area contributed by atoms with Crippen molar-refractivity contribution in [1.29, 1.82) is 0 Å². The summed E-state index contributed by atoms with van der Waals surface area (Å²) in [5.74, 6) is -0.349. The molecule has 1 fully saturated rings. The summed E-state index contributed by atoms with van der Waals surface area (Å²) in [6.07, 6.45) is 3.32. The van der Waals surface area contributed by atoms with Gasteiger partial charge in [-0.05, 0) is 67.4 Å². The highest BCUT2D eigenvalue weighted by atomic mass is 32.1. The minimum Gasteiger partial charge on any atom is -0.490 e. The van der Waals surface area contributed by atoms with Crippen LogP contribution in [0.2, 0.25) is 0 Å². The molecule has 3 N–H and O–H groups in total. The van der Waals surface area contributed by atoms with Gasteiger partial charge in [0.25, 0.3) is 5.91 Å². The summed E-state index contributed by atoms with van der Waals surface area (Å²) in [5.41, 5.74) is 3.76. The number of hydrogen-bond donors (Lipinski definition) is 4. The topological polar surface area (TPSA) is 100 Å². The third kappa shape index (κ3) is 7.38. The summed E-state index contributed by atoms with van der Waals surface area (Å²) < 4.78 is 11.2. The molecule has 0 spiro atoms. The lowest BCUT2D eigenvalue weighted by atomic mass is 9.88. The van der Waals surface area contributed by atoms with E-state index in [1.165, 1.54) is 5.56 Å². The van der Waals surface area contributed by atoms with Crippen LogP contribution in [0, 0.1) is 5.92 Å². The van der Waals surface area contributed by atoms with Crippen LogP contribution in [0.3, 0.4) is 0 Å². The Labute approximate surface area is 218 Å². The lowest BCUT2D eigenvalue weighted by Gasteiger charge is -2.32. The maximum atomic E-state index is 13.1. The minimum atomic E-state index is -0.901. The number of thiol groups is 1. The molecule has 0 aliphatic carbocycles. The highest BCUT2D eigenvalue weighted by molar-refractivity contribution is 7.79. The van der Waals surface area contributed by atoms with Gasteiger partial charge in [0, 0.05) is 25.3 Å². The van der Waals surface area contributed by atoms with E-state index in [4.69, 9.17) is 9.47 Å². The molecule has 1 atom stereocenters. The molecular formula is C27H37N3O5S. The molecule has 196 valence electrons. The number of carbonyl (C=O) groups is 2. The fourth-order valence-corrected chi connectivity index (χ4v) is 4.82. The number of nitrogens with one attached hydrogen (secondary N) is 2. The van der Waals surface area contributed by atoms with Crippen molar-refractivity contribution in [3.63, 3.8) is 0 Å². The molecule has 2 heterocycles. The molecule has 1 saturated heterocycles. The van der Waals surface area contributed by atoms with Crippen molar-refractivity contribution in [3.05, 3.63) is 59.2 Å². The number of fused-ring (bicyclic) bond motifs is 1. The number of anilines is 1. The number of methoxy groups -OCH3 is 1. The van der Waals surface area contributed by atoms with Gasteiger partial charge in [0.2, 0.25) is 0 Å². The van der Waals surface area contributed by atoms with Gasteiger partial charge in [-0.25, -0.2) is 0 Å². The van der Waals surface area contributed by atoms with Gasteiger partial charge in [0.15, 0.2) is 0 Å². The van der Waals surface area contributed by atoms with Crippen LogP contribution in [0.5, 0.6) is 5.75 Å². The molecule has 36 heavy (non-hydrogen) atoms.